The quantitative estimate of drug-likeness (QED) is 0.577. The Kier molecular flexibility index (Phi) is 7.46. The molecule has 0 spiro atoms. The van der Waals surface area contributed by atoms with Crippen molar-refractivity contribution in [3.05, 3.63) is 30.3 Å². The van der Waals surface area contributed by atoms with Crippen LogP contribution in [0.2, 0.25) is 0 Å². The lowest BCUT2D eigenvalue weighted by molar-refractivity contribution is -0.143. The molecule has 1 saturated heterocycles. The second kappa shape index (κ2) is 9.83. The zero-order valence-electron chi connectivity index (χ0n) is 14.3. The normalized spacial score (nSPS) is 13.5. The number of ether oxygens (including phenoxy) is 2. The molecule has 1 aromatic carbocycles. The number of hydrogen-bond acceptors (Lipinski definition) is 5. The van der Waals surface area contributed by atoms with Gasteiger partial charge in [-0.3, -0.25) is 14.6 Å². The molecule has 1 N–H and O–H groups in total. The van der Waals surface area contributed by atoms with Crippen molar-refractivity contribution >= 4 is 29.2 Å². The molecule has 8 heteroatoms. The van der Waals surface area contributed by atoms with Gasteiger partial charge >= 0.3 is 5.97 Å². The number of amides is 1. The number of carbonyl (C=O) groups is 2. The van der Waals surface area contributed by atoms with E-state index >= 15 is 0 Å². The Morgan fingerprint density at radius 2 is 1.92 bits per heavy atom. The molecule has 136 valence electrons. The first-order chi connectivity index (χ1) is 12.1. The van der Waals surface area contributed by atoms with Crippen LogP contribution in [0.5, 0.6) is 5.75 Å². The zero-order chi connectivity index (χ0) is 18.1. The van der Waals surface area contributed by atoms with Gasteiger partial charge in [0.15, 0.2) is 11.7 Å². The lowest BCUT2D eigenvalue weighted by atomic mass is 10.3. The molecule has 1 aliphatic heterocycles. The summed E-state index contributed by atoms with van der Waals surface area (Å²) in [5, 5.41) is 6.73. The fourth-order valence-electron chi connectivity index (χ4n) is 2.41. The third-order valence-corrected chi connectivity index (χ3v) is 3.92. The maximum Gasteiger partial charge on any atom is 0.307 e. The summed E-state index contributed by atoms with van der Waals surface area (Å²) in [6.07, 6.45) is 1.06. The molecule has 1 fully saturated rings. The smallest absolute Gasteiger partial charge is 0.307 e. The standard InChI is InChI=1S/C17H23N3O4S/c1-2-23-16(22)9-10-18-17(25)20-12-6-11-19(20)15(21)13-24-14-7-4-3-5-8-14/h3-5,7-8H,2,6,9-13H2,1H3,(H,18,25). The average molecular weight is 365 g/mol. The molecule has 7 nitrogen and oxygen atoms in total. The maximum atomic E-state index is 12.4. The van der Waals surface area contributed by atoms with Gasteiger partial charge < -0.3 is 14.8 Å². The predicted molar refractivity (Wildman–Crippen MR) is 96.8 cm³/mol. The molecule has 1 amide bonds. The summed E-state index contributed by atoms with van der Waals surface area (Å²) in [6.45, 7) is 3.70. The van der Waals surface area contributed by atoms with Gasteiger partial charge in [0.05, 0.1) is 13.0 Å². The van der Waals surface area contributed by atoms with E-state index in [9.17, 15) is 9.59 Å². The number of hydrazine groups is 1. The summed E-state index contributed by atoms with van der Waals surface area (Å²) < 4.78 is 10.4. The summed E-state index contributed by atoms with van der Waals surface area (Å²) >= 11 is 5.33. The molecule has 0 saturated carbocycles. The number of benzene rings is 1. The summed E-state index contributed by atoms with van der Waals surface area (Å²) in [7, 11) is 0. The van der Waals surface area contributed by atoms with Crippen LogP contribution in [0.25, 0.3) is 0 Å². The molecule has 0 radical (unpaired) electrons. The van der Waals surface area contributed by atoms with Gasteiger partial charge in [-0.05, 0) is 37.7 Å². The van der Waals surface area contributed by atoms with E-state index in [0.717, 1.165) is 6.42 Å². The second-order valence-corrected chi connectivity index (χ2v) is 5.77. The fraction of sp³-hybridized carbons (Fsp3) is 0.471. The largest absolute Gasteiger partial charge is 0.484 e. The van der Waals surface area contributed by atoms with Gasteiger partial charge in [0.2, 0.25) is 0 Å². The first-order valence-corrected chi connectivity index (χ1v) is 8.71. The van der Waals surface area contributed by atoms with Crippen molar-refractivity contribution in [2.45, 2.75) is 19.8 Å². The zero-order valence-corrected chi connectivity index (χ0v) is 15.1. The third kappa shape index (κ3) is 5.90. The lowest BCUT2D eigenvalue weighted by Gasteiger charge is -2.30. The number of nitrogens with zero attached hydrogens (tertiary/aromatic N) is 2. The molecule has 1 aliphatic rings. The van der Waals surface area contributed by atoms with Crippen LogP contribution < -0.4 is 10.1 Å². The minimum atomic E-state index is -0.275. The van der Waals surface area contributed by atoms with Gasteiger partial charge in [0.1, 0.15) is 5.75 Å². The number of hydrogen-bond donors (Lipinski definition) is 1. The Hall–Kier alpha value is -2.35. The molecular formula is C17H23N3O4S. The van der Waals surface area contributed by atoms with E-state index in [1.807, 2.05) is 18.2 Å². The molecule has 0 atom stereocenters. The van der Waals surface area contributed by atoms with E-state index < -0.39 is 0 Å². The van der Waals surface area contributed by atoms with E-state index in [1.54, 1.807) is 29.1 Å². The molecule has 0 unspecified atom stereocenters. The number of nitrogens with one attached hydrogen (secondary N) is 1. The number of esters is 1. The van der Waals surface area contributed by atoms with Crippen LogP contribution in [-0.2, 0) is 14.3 Å². The summed E-state index contributed by atoms with van der Waals surface area (Å²) in [6, 6.07) is 9.19. The summed E-state index contributed by atoms with van der Waals surface area (Å²) in [5.41, 5.74) is 0. The van der Waals surface area contributed by atoms with Crippen LogP contribution in [-0.4, -0.2) is 59.9 Å². The molecule has 1 heterocycles. The molecule has 0 aliphatic carbocycles. The van der Waals surface area contributed by atoms with E-state index in [2.05, 4.69) is 5.32 Å². The number of rotatable bonds is 7. The molecule has 25 heavy (non-hydrogen) atoms. The van der Waals surface area contributed by atoms with Crippen molar-refractivity contribution in [1.82, 2.24) is 15.3 Å². The van der Waals surface area contributed by atoms with Crippen LogP contribution >= 0.6 is 12.2 Å². The van der Waals surface area contributed by atoms with Crippen molar-refractivity contribution in [3.63, 3.8) is 0 Å². The summed E-state index contributed by atoms with van der Waals surface area (Å²) in [5.74, 6) is 0.219. The highest BCUT2D eigenvalue weighted by Crippen LogP contribution is 2.13. The Labute approximate surface area is 152 Å². The molecule has 2 rings (SSSR count). The van der Waals surface area contributed by atoms with Crippen LogP contribution in [0.3, 0.4) is 0 Å². The monoisotopic (exact) mass is 365 g/mol. The SMILES string of the molecule is CCOC(=O)CCNC(=S)N1CCCN1C(=O)COc1ccccc1. The van der Waals surface area contributed by atoms with Gasteiger partial charge in [-0.2, -0.15) is 0 Å². The van der Waals surface area contributed by atoms with Gasteiger partial charge in [-0.25, -0.2) is 5.01 Å². The van der Waals surface area contributed by atoms with Crippen molar-refractivity contribution in [3.8, 4) is 5.75 Å². The number of thiocarbonyl (C=S) groups is 1. The van der Waals surface area contributed by atoms with Crippen molar-refractivity contribution in [2.24, 2.45) is 0 Å². The Morgan fingerprint density at radius 3 is 2.64 bits per heavy atom. The first-order valence-electron chi connectivity index (χ1n) is 8.31. The van der Waals surface area contributed by atoms with Gasteiger partial charge in [0.25, 0.3) is 5.91 Å². The average Bonchev–Trinajstić information content (AvgIpc) is 3.10. The number of para-hydroxylation sites is 1. The highest BCUT2D eigenvalue weighted by molar-refractivity contribution is 7.80. The van der Waals surface area contributed by atoms with Gasteiger partial charge in [-0.15, -0.1) is 0 Å². The molecule has 1 aromatic rings. The topological polar surface area (TPSA) is 71.1 Å². The Bertz CT molecular complexity index is 597. The molecular weight excluding hydrogens is 342 g/mol. The van der Waals surface area contributed by atoms with Crippen LogP contribution in [0.1, 0.15) is 19.8 Å². The second-order valence-electron chi connectivity index (χ2n) is 5.38. The fourth-order valence-corrected chi connectivity index (χ4v) is 2.71. The lowest BCUT2D eigenvalue weighted by Crippen LogP contribution is -2.50. The predicted octanol–water partition coefficient (Wildman–Crippen LogP) is 1.34. The summed E-state index contributed by atoms with van der Waals surface area (Å²) in [4.78, 5) is 23.7. The van der Waals surface area contributed by atoms with Crippen molar-refractivity contribution in [2.75, 3.05) is 32.8 Å². The Morgan fingerprint density at radius 1 is 1.20 bits per heavy atom. The van der Waals surface area contributed by atoms with E-state index in [1.165, 1.54) is 0 Å². The Balaban J connectivity index is 1.79. The minimum absolute atomic E-state index is 0.0497. The van der Waals surface area contributed by atoms with E-state index in [0.29, 0.717) is 37.1 Å². The third-order valence-electron chi connectivity index (χ3n) is 3.57. The highest BCUT2D eigenvalue weighted by Gasteiger charge is 2.28. The molecule has 0 bridgehead atoms. The van der Waals surface area contributed by atoms with E-state index in [4.69, 9.17) is 21.7 Å². The van der Waals surface area contributed by atoms with Crippen molar-refractivity contribution in [1.29, 1.82) is 0 Å². The van der Waals surface area contributed by atoms with Crippen molar-refractivity contribution < 1.29 is 19.1 Å². The maximum absolute atomic E-state index is 12.4. The van der Waals surface area contributed by atoms with Crippen LogP contribution in [0.4, 0.5) is 0 Å². The number of carbonyl (C=O) groups excluding carboxylic acids is 2. The van der Waals surface area contributed by atoms with Crippen LogP contribution in [0, 0.1) is 0 Å². The van der Waals surface area contributed by atoms with Crippen LogP contribution in [0.15, 0.2) is 30.3 Å². The van der Waals surface area contributed by atoms with E-state index in [-0.39, 0.29) is 24.9 Å². The minimum Gasteiger partial charge on any atom is -0.484 e. The molecule has 0 aromatic heterocycles. The van der Waals surface area contributed by atoms with Gasteiger partial charge in [-0.1, -0.05) is 18.2 Å². The first kappa shape index (κ1) is 19.0. The van der Waals surface area contributed by atoms with Gasteiger partial charge in [0, 0.05) is 19.6 Å². The highest BCUT2D eigenvalue weighted by atomic mass is 32.1.